The average Bonchev–Trinajstić information content (AvgIpc) is 3.33. The molecule has 3 rings (SSSR count). The summed E-state index contributed by atoms with van der Waals surface area (Å²) in [5.74, 6) is -2.57. The van der Waals surface area contributed by atoms with Gasteiger partial charge in [-0.2, -0.15) is 0 Å². The Morgan fingerprint density at radius 3 is 1.94 bits per heavy atom. The van der Waals surface area contributed by atoms with Gasteiger partial charge in [0.15, 0.2) is 11.5 Å². The summed E-state index contributed by atoms with van der Waals surface area (Å²) >= 11 is 0. The first-order chi connectivity index (χ1) is 23.3. The fraction of sp³-hybridized carbons (Fsp3) is 0.500. The van der Waals surface area contributed by atoms with E-state index in [2.05, 4.69) is 10.2 Å². The molecule has 1 fully saturated rings. The highest BCUT2D eigenvalue weighted by Crippen LogP contribution is 2.38. The summed E-state index contributed by atoms with van der Waals surface area (Å²) in [4.78, 5) is 62.1. The normalized spacial score (nSPS) is 16.6. The van der Waals surface area contributed by atoms with Crippen molar-refractivity contribution in [1.82, 2.24) is 15.1 Å². The molecule has 1 atom stereocenters. The van der Waals surface area contributed by atoms with Crippen LogP contribution in [0.4, 0.5) is 0 Å². The minimum Gasteiger partial charge on any atom is -0.493 e. The zero-order chi connectivity index (χ0) is 36.7. The number of aliphatic carboxylic acids is 2. The van der Waals surface area contributed by atoms with Crippen LogP contribution >= 0.6 is 0 Å². The van der Waals surface area contributed by atoms with Crippen molar-refractivity contribution in [2.24, 2.45) is 5.92 Å². The Kier molecular flexibility index (Phi) is 16.1. The van der Waals surface area contributed by atoms with Crippen molar-refractivity contribution in [1.29, 1.82) is 0 Å². The lowest BCUT2D eigenvalue weighted by molar-refractivity contribution is -0.137. The number of rotatable bonds is 13. The van der Waals surface area contributed by atoms with Gasteiger partial charge in [0, 0.05) is 61.2 Å². The number of nitrogens with zero attached hydrogens (tertiary/aromatic N) is 2. The van der Waals surface area contributed by atoms with E-state index in [-0.39, 0.29) is 18.4 Å². The van der Waals surface area contributed by atoms with E-state index >= 15 is 0 Å². The quantitative estimate of drug-likeness (QED) is 0.156. The van der Waals surface area contributed by atoms with Crippen LogP contribution in [0.25, 0.3) is 0 Å². The van der Waals surface area contributed by atoms with Crippen LogP contribution in [-0.4, -0.2) is 118 Å². The molecule has 1 saturated heterocycles. The molecule has 0 saturated carbocycles. The lowest BCUT2D eigenvalue weighted by Gasteiger charge is -2.32. The van der Waals surface area contributed by atoms with E-state index in [1.54, 1.807) is 12.1 Å². The minimum absolute atomic E-state index is 0.0446. The molecular weight excluding hydrogens is 642 g/mol. The largest absolute Gasteiger partial charge is 0.493 e. The number of esters is 2. The summed E-state index contributed by atoms with van der Waals surface area (Å²) in [6.07, 6.45) is 3.22. The van der Waals surface area contributed by atoms with Crippen LogP contribution in [-0.2, 0) is 28.7 Å². The first-order valence-corrected chi connectivity index (χ1v) is 15.7. The van der Waals surface area contributed by atoms with Crippen LogP contribution < -0.4 is 19.5 Å². The van der Waals surface area contributed by atoms with Gasteiger partial charge in [-0.3, -0.25) is 4.79 Å². The first kappa shape index (κ1) is 40.1. The summed E-state index contributed by atoms with van der Waals surface area (Å²) in [5.41, 5.74) is 2.97. The molecule has 15 nitrogen and oxygen atoms in total. The number of benzene rings is 1. The number of dihydropyridines is 1. The fourth-order valence-electron chi connectivity index (χ4n) is 5.65. The number of ether oxygens (including phenoxy) is 5. The van der Waals surface area contributed by atoms with Crippen molar-refractivity contribution >= 4 is 29.8 Å². The number of carboxylic acids is 2. The highest BCUT2D eigenvalue weighted by Gasteiger charge is 2.36. The number of allylic oxidation sites excluding steroid dienone is 2. The molecule has 2 heterocycles. The smallest absolute Gasteiger partial charge is 0.338 e. The summed E-state index contributed by atoms with van der Waals surface area (Å²) in [5, 5.41) is 18.8. The topological polar surface area (TPSA) is 190 Å². The second kappa shape index (κ2) is 19.7. The third-order valence-electron chi connectivity index (χ3n) is 7.92. The van der Waals surface area contributed by atoms with Crippen molar-refractivity contribution in [2.75, 3.05) is 67.8 Å². The highest BCUT2D eigenvalue weighted by atomic mass is 16.5. The SMILES string of the molecule is CCC1C(C(=O)OC)=C(C)NC(C)=C1C(=O)N1CCCN(CCCOC(=O)c2cc(OC)c(OC)c(OC)c2)CC1.O=C(O)/C=C/C(=O)O. The van der Waals surface area contributed by atoms with Crippen LogP contribution in [0.5, 0.6) is 17.2 Å². The molecule has 1 aromatic rings. The molecule has 0 aliphatic carbocycles. The van der Waals surface area contributed by atoms with E-state index < -0.39 is 23.9 Å². The Morgan fingerprint density at radius 1 is 0.837 bits per heavy atom. The summed E-state index contributed by atoms with van der Waals surface area (Å²) in [6, 6.07) is 3.13. The second-order valence-corrected chi connectivity index (χ2v) is 11.1. The van der Waals surface area contributed by atoms with Crippen molar-refractivity contribution in [3.8, 4) is 17.2 Å². The van der Waals surface area contributed by atoms with Crippen molar-refractivity contribution in [3.63, 3.8) is 0 Å². The summed E-state index contributed by atoms with van der Waals surface area (Å²) < 4.78 is 26.5. The van der Waals surface area contributed by atoms with Gasteiger partial charge in [-0.15, -0.1) is 0 Å². The van der Waals surface area contributed by atoms with E-state index in [4.69, 9.17) is 33.9 Å². The van der Waals surface area contributed by atoms with E-state index in [1.165, 1.54) is 28.4 Å². The summed E-state index contributed by atoms with van der Waals surface area (Å²) in [6.45, 7) is 9.45. The fourth-order valence-corrected chi connectivity index (χ4v) is 5.65. The average molecular weight is 690 g/mol. The third-order valence-corrected chi connectivity index (χ3v) is 7.92. The highest BCUT2D eigenvalue weighted by molar-refractivity contribution is 6.00. The third kappa shape index (κ3) is 11.3. The van der Waals surface area contributed by atoms with E-state index in [0.29, 0.717) is 78.6 Å². The molecule has 2 aliphatic rings. The minimum atomic E-state index is -1.26. The maximum atomic E-state index is 13.7. The first-order valence-electron chi connectivity index (χ1n) is 15.7. The number of hydrogen-bond donors (Lipinski definition) is 3. The molecule has 0 aromatic heterocycles. The van der Waals surface area contributed by atoms with E-state index in [0.717, 1.165) is 30.9 Å². The number of carboxylic acid groups (broad SMARTS) is 2. The number of hydrogen-bond acceptors (Lipinski definition) is 12. The van der Waals surface area contributed by atoms with Gasteiger partial charge in [0.05, 0.1) is 46.2 Å². The molecule has 1 unspecified atom stereocenters. The Bertz CT molecular complexity index is 1420. The Balaban J connectivity index is 0.000000924. The molecular formula is C34H47N3O12. The van der Waals surface area contributed by atoms with Gasteiger partial charge >= 0.3 is 23.9 Å². The van der Waals surface area contributed by atoms with Crippen molar-refractivity contribution < 1.29 is 57.9 Å². The number of carbonyl (C=O) groups is 5. The van der Waals surface area contributed by atoms with Gasteiger partial charge in [-0.1, -0.05) is 6.92 Å². The van der Waals surface area contributed by atoms with Gasteiger partial charge in [0.1, 0.15) is 0 Å². The Labute approximate surface area is 286 Å². The Morgan fingerprint density at radius 2 is 1.43 bits per heavy atom. The number of nitrogens with one attached hydrogen (secondary N) is 1. The molecule has 49 heavy (non-hydrogen) atoms. The number of carbonyl (C=O) groups excluding carboxylic acids is 3. The van der Waals surface area contributed by atoms with Crippen LogP contribution in [0.1, 0.15) is 50.4 Å². The molecule has 2 aliphatic heterocycles. The molecule has 270 valence electrons. The van der Waals surface area contributed by atoms with Crippen molar-refractivity contribution in [3.05, 3.63) is 52.4 Å². The zero-order valence-electron chi connectivity index (χ0n) is 29.1. The monoisotopic (exact) mass is 689 g/mol. The van der Waals surface area contributed by atoms with E-state index in [9.17, 15) is 24.0 Å². The van der Waals surface area contributed by atoms with Crippen LogP contribution in [0, 0.1) is 5.92 Å². The van der Waals surface area contributed by atoms with Crippen LogP contribution in [0.3, 0.4) is 0 Å². The van der Waals surface area contributed by atoms with Gasteiger partial charge in [-0.25, -0.2) is 19.2 Å². The predicted molar refractivity (Wildman–Crippen MR) is 177 cm³/mol. The zero-order valence-corrected chi connectivity index (χ0v) is 29.1. The predicted octanol–water partition coefficient (Wildman–Crippen LogP) is 2.86. The maximum absolute atomic E-state index is 13.7. The standard InChI is InChI=1S/C30H43N3O8.C4H4O4/c1-8-22-25(19(2)31-20(3)26(22)30(36)40-7)28(34)33-13-9-11-32(14-15-33)12-10-16-41-29(35)21-17-23(37-4)27(39-6)24(18-21)38-5;5-3(6)1-2-4(7)8/h17-18,22,31H,8-16H2,1-7H3;1-2H,(H,5,6)(H,7,8)/b;2-1+. The number of methoxy groups -OCH3 is 4. The van der Waals surface area contributed by atoms with Gasteiger partial charge in [-0.05, 0) is 51.8 Å². The van der Waals surface area contributed by atoms with Gasteiger partial charge in [0.25, 0.3) is 5.91 Å². The van der Waals surface area contributed by atoms with Crippen LogP contribution in [0.15, 0.2) is 46.8 Å². The molecule has 1 amide bonds. The number of amides is 1. The molecule has 3 N–H and O–H groups in total. The van der Waals surface area contributed by atoms with Crippen molar-refractivity contribution in [2.45, 2.75) is 40.0 Å². The molecule has 0 radical (unpaired) electrons. The lowest BCUT2D eigenvalue weighted by atomic mass is 9.83. The van der Waals surface area contributed by atoms with Gasteiger partial charge < -0.3 is 49.0 Å². The molecule has 0 bridgehead atoms. The Hall–Kier alpha value is -5.05. The summed E-state index contributed by atoms with van der Waals surface area (Å²) in [7, 11) is 5.85. The van der Waals surface area contributed by atoms with E-state index in [1.807, 2.05) is 25.7 Å². The maximum Gasteiger partial charge on any atom is 0.338 e. The van der Waals surface area contributed by atoms with Crippen LogP contribution in [0.2, 0.25) is 0 Å². The molecule has 1 aromatic carbocycles. The second-order valence-electron chi connectivity index (χ2n) is 11.1. The van der Waals surface area contributed by atoms with Gasteiger partial charge in [0.2, 0.25) is 5.75 Å². The molecule has 15 heteroatoms. The lowest BCUT2D eigenvalue weighted by Crippen LogP contribution is -2.41. The molecule has 0 spiro atoms.